The Bertz CT molecular complexity index is 2600. The van der Waals surface area contributed by atoms with Crippen molar-refractivity contribution in [1.29, 1.82) is 5.26 Å². The van der Waals surface area contributed by atoms with Gasteiger partial charge in [0.2, 0.25) is 0 Å². The van der Waals surface area contributed by atoms with E-state index >= 15 is 0 Å². The first kappa shape index (κ1) is 27.2. The molecule has 0 aliphatic heterocycles. The van der Waals surface area contributed by atoms with Crippen LogP contribution in [0.5, 0.6) is 0 Å². The monoisotopic (exact) mass is 601 g/mol. The van der Waals surface area contributed by atoms with Gasteiger partial charge in [-0.3, -0.25) is 0 Å². The Balaban J connectivity index is 1.16. The van der Waals surface area contributed by atoms with Crippen LogP contribution in [0.2, 0.25) is 0 Å². The molecule has 0 amide bonds. The molecule has 2 heterocycles. The molecule has 8 aromatic rings. The van der Waals surface area contributed by atoms with Gasteiger partial charge in [0.05, 0.1) is 28.1 Å². The Morgan fingerprint density at radius 3 is 1.55 bits per heavy atom. The van der Waals surface area contributed by atoms with Gasteiger partial charge in [0, 0.05) is 38.5 Å². The van der Waals surface area contributed by atoms with E-state index in [0.29, 0.717) is 0 Å². The zero-order valence-corrected chi connectivity index (χ0v) is 26.1. The summed E-state index contributed by atoms with van der Waals surface area (Å²) in [5.74, 6) is 0.245. The molecule has 6 aromatic carbocycles. The van der Waals surface area contributed by atoms with E-state index in [2.05, 4.69) is 168 Å². The summed E-state index contributed by atoms with van der Waals surface area (Å²) in [6.07, 6.45) is 4.96. The van der Waals surface area contributed by atoms with Crippen LogP contribution in [0.3, 0.4) is 0 Å². The molecule has 1 aliphatic carbocycles. The van der Waals surface area contributed by atoms with Gasteiger partial charge in [0.25, 0.3) is 0 Å². The lowest BCUT2D eigenvalue weighted by Crippen LogP contribution is -2.03. The van der Waals surface area contributed by atoms with Crippen LogP contribution in [-0.4, -0.2) is 9.13 Å². The summed E-state index contributed by atoms with van der Waals surface area (Å²) in [5, 5.41) is 14.4. The number of nitriles is 1. The quantitative estimate of drug-likeness (QED) is 0.198. The summed E-state index contributed by atoms with van der Waals surface area (Å²) < 4.78 is 4.74. The molecule has 0 spiro atoms. The predicted molar refractivity (Wildman–Crippen MR) is 196 cm³/mol. The summed E-state index contributed by atoms with van der Waals surface area (Å²) in [4.78, 5) is 0. The molecule has 0 radical (unpaired) electrons. The third-order valence-corrected chi connectivity index (χ3v) is 9.84. The molecule has 2 aromatic heterocycles. The highest BCUT2D eigenvalue weighted by atomic mass is 15.0. The summed E-state index contributed by atoms with van der Waals surface area (Å²) in [5.41, 5.74) is 12.9. The second-order valence-electron chi connectivity index (χ2n) is 12.6. The third kappa shape index (κ3) is 4.34. The second-order valence-corrected chi connectivity index (χ2v) is 12.6. The molecule has 0 N–H and O–H groups in total. The van der Waals surface area contributed by atoms with Crippen LogP contribution in [0.25, 0.3) is 71.7 Å². The summed E-state index contributed by atoms with van der Waals surface area (Å²) >= 11 is 0. The molecule has 1 unspecified atom stereocenters. The van der Waals surface area contributed by atoms with Crippen molar-refractivity contribution in [2.45, 2.75) is 13.3 Å². The first-order valence-electron chi connectivity index (χ1n) is 16.2. The Kier molecular flexibility index (Phi) is 6.23. The number of hydrogen-bond donors (Lipinski definition) is 0. The van der Waals surface area contributed by atoms with Gasteiger partial charge in [0.1, 0.15) is 0 Å². The second kappa shape index (κ2) is 10.8. The zero-order valence-electron chi connectivity index (χ0n) is 26.1. The normalized spacial score (nSPS) is 14.9. The van der Waals surface area contributed by atoms with Crippen LogP contribution in [0, 0.1) is 17.2 Å². The van der Waals surface area contributed by atoms with E-state index in [4.69, 9.17) is 0 Å². The topological polar surface area (TPSA) is 33.6 Å². The van der Waals surface area contributed by atoms with Crippen LogP contribution in [0.1, 0.15) is 18.9 Å². The van der Waals surface area contributed by atoms with Crippen LogP contribution < -0.4 is 0 Å². The SMILES string of the molecule is CC1CC(c2ccc(-n3c4ccccc4c4cc(-c5ccc6c(c5)c5ccccc5n6-c5ccccc5)ccc43)cc2)=CC=C1C#N. The first-order chi connectivity index (χ1) is 23.2. The maximum atomic E-state index is 9.38. The summed E-state index contributed by atoms with van der Waals surface area (Å²) in [6.45, 7) is 2.13. The van der Waals surface area contributed by atoms with Crippen molar-refractivity contribution in [3.8, 4) is 28.6 Å². The average molecular weight is 602 g/mol. The van der Waals surface area contributed by atoms with Gasteiger partial charge in [0.15, 0.2) is 0 Å². The van der Waals surface area contributed by atoms with E-state index in [1.54, 1.807) is 0 Å². The lowest BCUT2D eigenvalue weighted by Gasteiger charge is -2.18. The van der Waals surface area contributed by atoms with E-state index < -0.39 is 0 Å². The lowest BCUT2D eigenvalue weighted by atomic mass is 9.86. The minimum absolute atomic E-state index is 0.245. The molecule has 222 valence electrons. The minimum Gasteiger partial charge on any atom is -0.309 e. The largest absolute Gasteiger partial charge is 0.309 e. The minimum atomic E-state index is 0.245. The van der Waals surface area contributed by atoms with Crippen LogP contribution >= 0.6 is 0 Å². The van der Waals surface area contributed by atoms with Gasteiger partial charge in [-0.05, 0) is 101 Å². The fourth-order valence-electron chi connectivity index (χ4n) is 7.49. The van der Waals surface area contributed by atoms with E-state index in [1.165, 1.54) is 71.6 Å². The van der Waals surface area contributed by atoms with Crippen LogP contribution in [0.4, 0.5) is 0 Å². The lowest BCUT2D eigenvalue weighted by molar-refractivity contribution is 0.719. The molecule has 1 atom stereocenters. The summed E-state index contributed by atoms with van der Waals surface area (Å²) in [7, 11) is 0. The molecule has 0 bridgehead atoms. The van der Waals surface area contributed by atoms with Crippen molar-refractivity contribution in [3.63, 3.8) is 0 Å². The van der Waals surface area contributed by atoms with Crippen molar-refractivity contribution in [1.82, 2.24) is 9.13 Å². The molecule has 3 heteroatoms. The van der Waals surface area contributed by atoms with Crippen LogP contribution in [-0.2, 0) is 0 Å². The maximum absolute atomic E-state index is 9.38. The Hall–Kier alpha value is -6.11. The number of aromatic nitrogens is 2. The molecule has 47 heavy (non-hydrogen) atoms. The van der Waals surface area contributed by atoms with Gasteiger partial charge < -0.3 is 9.13 Å². The highest BCUT2D eigenvalue weighted by molar-refractivity contribution is 6.12. The summed E-state index contributed by atoms with van der Waals surface area (Å²) in [6, 6.07) is 53.0. The smallest absolute Gasteiger partial charge is 0.0950 e. The first-order valence-corrected chi connectivity index (χ1v) is 16.2. The van der Waals surface area contributed by atoms with Crippen molar-refractivity contribution in [3.05, 3.63) is 163 Å². The van der Waals surface area contributed by atoms with E-state index in [9.17, 15) is 5.26 Å². The van der Waals surface area contributed by atoms with E-state index in [-0.39, 0.29) is 5.92 Å². The fourth-order valence-corrected chi connectivity index (χ4v) is 7.49. The molecular weight excluding hydrogens is 571 g/mol. The van der Waals surface area contributed by atoms with Gasteiger partial charge >= 0.3 is 0 Å². The van der Waals surface area contributed by atoms with Gasteiger partial charge in [-0.15, -0.1) is 0 Å². The third-order valence-electron chi connectivity index (χ3n) is 9.84. The Morgan fingerprint density at radius 1 is 0.511 bits per heavy atom. The number of benzene rings is 6. The maximum Gasteiger partial charge on any atom is 0.0950 e. The number of fused-ring (bicyclic) bond motifs is 6. The van der Waals surface area contributed by atoms with Gasteiger partial charge in [-0.2, -0.15) is 5.26 Å². The molecule has 0 saturated carbocycles. The van der Waals surface area contributed by atoms with Crippen molar-refractivity contribution in [2.24, 2.45) is 5.92 Å². The molecule has 9 rings (SSSR count). The van der Waals surface area contributed by atoms with E-state index in [0.717, 1.165) is 17.7 Å². The average Bonchev–Trinajstić information content (AvgIpc) is 3.64. The zero-order chi connectivity index (χ0) is 31.5. The number of para-hydroxylation sites is 3. The van der Waals surface area contributed by atoms with Crippen LogP contribution in [0.15, 0.2) is 157 Å². The molecule has 3 nitrogen and oxygen atoms in total. The molecule has 0 fully saturated rings. The van der Waals surface area contributed by atoms with Gasteiger partial charge in [-0.25, -0.2) is 0 Å². The van der Waals surface area contributed by atoms with Crippen molar-refractivity contribution < 1.29 is 0 Å². The molecule has 0 saturated heterocycles. The number of nitrogens with zero attached hydrogens (tertiary/aromatic N) is 3. The fraction of sp³-hybridized carbons (Fsp3) is 0.0682. The predicted octanol–water partition coefficient (Wildman–Crippen LogP) is 11.4. The highest BCUT2D eigenvalue weighted by Crippen LogP contribution is 2.39. The molecule has 1 aliphatic rings. The highest BCUT2D eigenvalue weighted by Gasteiger charge is 2.18. The number of rotatable bonds is 4. The standard InChI is InChI=1S/C44H31N3/c1-29-25-31(15-16-34(29)28-45)30-17-21-36(22-18-30)47-42-14-8-6-12-38(42)40-27-33(20-24-44(40)47)32-19-23-43-39(26-32)37-11-5-7-13-41(37)46(43)35-9-3-2-4-10-35/h2-24,26-27,29H,25H2,1H3. The van der Waals surface area contributed by atoms with Crippen molar-refractivity contribution in [2.75, 3.05) is 0 Å². The number of allylic oxidation sites excluding steroid dienone is 4. The Labute approximate surface area is 273 Å². The van der Waals surface area contributed by atoms with Crippen molar-refractivity contribution >= 4 is 49.2 Å². The molecular formula is C44H31N3. The van der Waals surface area contributed by atoms with E-state index in [1.807, 2.05) is 6.08 Å². The number of hydrogen-bond acceptors (Lipinski definition) is 1. The Morgan fingerprint density at radius 2 is 1.00 bits per heavy atom. The van der Waals surface area contributed by atoms with Gasteiger partial charge in [-0.1, -0.05) is 91.9 Å².